The SMILES string of the molecule is CC/C=C\C/C=C\C/C=C\C/C=C\C/C=C\CCCCCC(=O)OCC(COC1OC(C(=O)O)C(O)C(O)C1OC(=O)CCCCCCC/C=C\C/C=C\C/C=C\CC)OC(=O)CCCCCCCCCCC/C=C\CCCCCCCC. The first kappa shape index (κ1) is 76.4. The molecule has 1 heterocycles. The van der Waals surface area contributed by atoms with E-state index in [1.807, 2.05) is 0 Å². The molecule has 3 N–H and O–H groups in total. The number of aliphatic carboxylic acids is 1. The van der Waals surface area contributed by atoms with Gasteiger partial charge in [0.25, 0.3) is 0 Å². The van der Waals surface area contributed by atoms with Crippen molar-refractivity contribution in [3.8, 4) is 0 Å². The highest BCUT2D eigenvalue weighted by Crippen LogP contribution is 2.26. The van der Waals surface area contributed by atoms with E-state index in [0.717, 1.165) is 135 Å². The Morgan fingerprint density at radius 1 is 0.410 bits per heavy atom. The van der Waals surface area contributed by atoms with E-state index in [1.165, 1.54) is 70.6 Å². The molecule has 0 aliphatic carbocycles. The Bertz CT molecular complexity index is 1860. The minimum atomic E-state index is -1.92. The zero-order valence-corrected chi connectivity index (χ0v) is 52.2. The van der Waals surface area contributed by atoms with Gasteiger partial charge in [-0.15, -0.1) is 0 Å². The normalized spacial score (nSPS) is 18.3. The molecule has 0 saturated carbocycles. The Kier molecular flexibility index (Phi) is 53.2. The molecular formula is C71H116O12. The molecular weight excluding hydrogens is 1040 g/mol. The highest BCUT2D eigenvalue weighted by molar-refractivity contribution is 5.74. The number of carboxylic acids is 1. The van der Waals surface area contributed by atoms with Crippen LogP contribution in [0.5, 0.6) is 0 Å². The number of unbranched alkanes of at least 4 members (excludes halogenated alkanes) is 23. The lowest BCUT2D eigenvalue weighted by molar-refractivity contribution is -0.301. The standard InChI is InChI=1S/C71H116O12/c1-4-7-10-13-16-19-22-25-28-30-32-34-37-39-42-45-48-51-54-57-63(72)79-60-62(81-64(73)58-55-52-49-46-43-41-38-35-33-31-29-26-23-20-17-14-11-8-5-2)61-80-71-69(67(76)66(75)68(83-71)70(77)78)82-65(74)59-56-53-50-47-44-40-36-27-24-21-18-15-12-9-6-3/h7,9-10,12,16,18-19,21,25-29,32,34,36,39,42,62,66-69,71,75-76H,4-6,8,11,13-15,17,20,22-24,30-31,33,35,37-38,40-41,43-61H2,1-3H3,(H,77,78)/b10-7-,12-9-,19-16-,21-18-,28-25-,29-26-,34-32-,36-27-,42-39-. The Morgan fingerprint density at radius 3 is 1.18 bits per heavy atom. The largest absolute Gasteiger partial charge is 0.479 e. The van der Waals surface area contributed by atoms with E-state index in [2.05, 4.69) is 130 Å². The van der Waals surface area contributed by atoms with Gasteiger partial charge in [-0.3, -0.25) is 14.4 Å². The van der Waals surface area contributed by atoms with Crippen LogP contribution < -0.4 is 0 Å². The molecule has 12 nitrogen and oxygen atoms in total. The lowest BCUT2D eigenvalue weighted by atomic mass is 9.98. The first-order valence-electron chi connectivity index (χ1n) is 32.9. The number of rotatable bonds is 55. The van der Waals surface area contributed by atoms with Crippen LogP contribution in [0.3, 0.4) is 0 Å². The van der Waals surface area contributed by atoms with E-state index in [0.29, 0.717) is 19.3 Å². The van der Waals surface area contributed by atoms with Crippen molar-refractivity contribution in [3.05, 3.63) is 109 Å². The van der Waals surface area contributed by atoms with Crippen LogP contribution in [-0.4, -0.2) is 89.2 Å². The van der Waals surface area contributed by atoms with E-state index in [4.69, 9.17) is 23.7 Å². The Morgan fingerprint density at radius 2 is 0.759 bits per heavy atom. The molecule has 83 heavy (non-hydrogen) atoms. The van der Waals surface area contributed by atoms with Crippen LogP contribution in [-0.2, 0) is 42.9 Å². The summed E-state index contributed by atoms with van der Waals surface area (Å²) in [4.78, 5) is 51.4. The van der Waals surface area contributed by atoms with Crippen molar-refractivity contribution in [3.63, 3.8) is 0 Å². The Balaban J connectivity index is 2.69. The molecule has 0 spiro atoms. The smallest absolute Gasteiger partial charge is 0.335 e. The van der Waals surface area contributed by atoms with E-state index in [1.54, 1.807) is 0 Å². The number of aliphatic hydroxyl groups is 2. The van der Waals surface area contributed by atoms with Gasteiger partial charge in [0.1, 0.15) is 18.8 Å². The fourth-order valence-corrected chi connectivity index (χ4v) is 9.34. The van der Waals surface area contributed by atoms with Gasteiger partial charge in [-0.2, -0.15) is 0 Å². The molecule has 0 amide bonds. The summed E-state index contributed by atoms with van der Waals surface area (Å²) >= 11 is 0. The van der Waals surface area contributed by atoms with Crippen LogP contribution in [0.4, 0.5) is 0 Å². The van der Waals surface area contributed by atoms with E-state index < -0.39 is 67.3 Å². The van der Waals surface area contributed by atoms with Gasteiger partial charge < -0.3 is 39.0 Å². The second kappa shape index (κ2) is 57.8. The van der Waals surface area contributed by atoms with Gasteiger partial charge >= 0.3 is 23.9 Å². The zero-order chi connectivity index (χ0) is 60.3. The van der Waals surface area contributed by atoms with Crippen molar-refractivity contribution < 1.29 is 58.2 Å². The van der Waals surface area contributed by atoms with Crippen LogP contribution in [0.25, 0.3) is 0 Å². The summed E-state index contributed by atoms with van der Waals surface area (Å²) < 4.78 is 28.5. The third-order valence-corrected chi connectivity index (χ3v) is 14.3. The molecule has 1 aliphatic rings. The average Bonchev–Trinajstić information content (AvgIpc) is 3.58. The topological polar surface area (TPSA) is 175 Å². The number of hydrogen-bond acceptors (Lipinski definition) is 11. The minimum Gasteiger partial charge on any atom is -0.479 e. The van der Waals surface area contributed by atoms with Crippen LogP contribution in [0.2, 0.25) is 0 Å². The first-order valence-corrected chi connectivity index (χ1v) is 32.9. The van der Waals surface area contributed by atoms with Crippen LogP contribution in [0.15, 0.2) is 109 Å². The predicted molar refractivity (Wildman–Crippen MR) is 340 cm³/mol. The fourth-order valence-electron chi connectivity index (χ4n) is 9.34. The lowest BCUT2D eigenvalue weighted by Crippen LogP contribution is -2.61. The van der Waals surface area contributed by atoms with E-state index in [-0.39, 0.29) is 25.9 Å². The second-order valence-corrected chi connectivity index (χ2v) is 22.0. The molecule has 0 bridgehead atoms. The quantitative estimate of drug-likeness (QED) is 0.0228. The van der Waals surface area contributed by atoms with Crippen molar-refractivity contribution in [2.45, 2.75) is 302 Å². The van der Waals surface area contributed by atoms with Crippen LogP contribution in [0.1, 0.15) is 265 Å². The van der Waals surface area contributed by atoms with Crippen molar-refractivity contribution in [1.82, 2.24) is 0 Å². The third-order valence-electron chi connectivity index (χ3n) is 14.3. The third kappa shape index (κ3) is 47.3. The van der Waals surface area contributed by atoms with Crippen molar-refractivity contribution >= 4 is 23.9 Å². The predicted octanol–water partition coefficient (Wildman–Crippen LogP) is 17.8. The maximum Gasteiger partial charge on any atom is 0.335 e. The lowest BCUT2D eigenvalue weighted by Gasteiger charge is -2.40. The Hall–Kier alpha value is -4.62. The van der Waals surface area contributed by atoms with Gasteiger partial charge in [-0.1, -0.05) is 233 Å². The summed E-state index contributed by atoms with van der Waals surface area (Å²) in [5, 5.41) is 31.6. The number of carbonyl (C=O) groups is 4. The number of carbonyl (C=O) groups excluding carboxylic acids is 3. The fraction of sp³-hybridized carbons (Fsp3) is 0.690. The highest BCUT2D eigenvalue weighted by Gasteiger charge is 2.50. The summed E-state index contributed by atoms with van der Waals surface area (Å²) in [6, 6.07) is 0. The summed E-state index contributed by atoms with van der Waals surface area (Å²) in [6.45, 7) is 5.75. The molecule has 0 aromatic rings. The van der Waals surface area contributed by atoms with Gasteiger partial charge in [0.05, 0.1) is 6.61 Å². The van der Waals surface area contributed by atoms with Gasteiger partial charge in [0, 0.05) is 19.3 Å². The van der Waals surface area contributed by atoms with Crippen LogP contribution in [0, 0.1) is 0 Å². The molecule has 1 rings (SSSR count). The summed E-state index contributed by atoms with van der Waals surface area (Å²) in [5.41, 5.74) is 0. The highest BCUT2D eigenvalue weighted by atomic mass is 16.7. The maximum atomic E-state index is 13.2. The van der Waals surface area contributed by atoms with Crippen LogP contribution >= 0.6 is 0 Å². The Labute approximate surface area is 504 Å². The summed E-state index contributed by atoms with van der Waals surface area (Å²) in [7, 11) is 0. The maximum absolute atomic E-state index is 13.2. The molecule has 1 aliphatic heterocycles. The average molecular weight is 1160 g/mol. The minimum absolute atomic E-state index is 0.0329. The molecule has 472 valence electrons. The molecule has 0 aromatic heterocycles. The van der Waals surface area contributed by atoms with E-state index in [9.17, 15) is 34.5 Å². The molecule has 6 unspecified atom stereocenters. The molecule has 12 heteroatoms. The number of hydrogen-bond donors (Lipinski definition) is 3. The molecule has 1 saturated heterocycles. The van der Waals surface area contributed by atoms with Crippen molar-refractivity contribution in [2.75, 3.05) is 13.2 Å². The van der Waals surface area contributed by atoms with Crippen molar-refractivity contribution in [2.24, 2.45) is 0 Å². The van der Waals surface area contributed by atoms with Gasteiger partial charge in [-0.05, 0) is 122 Å². The zero-order valence-electron chi connectivity index (χ0n) is 52.2. The summed E-state index contributed by atoms with van der Waals surface area (Å²) in [6.07, 6.45) is 66.2. The number of aliphatic hydroxyl groups excluding tert-OH is 2. The molecule has 0 aromatic carbocycles. The molecule has 0 radical (unpaired) electrons. The molecule has 6 atom stereocenters. The number of carboxylic acid groups (broad SMARTS) is 1. The van der Waals surface area contributed by atoms with E-state index >= 15 is 0 Å². The van der Waals surface area contributed by atoms with Gasteiger partial charge in [0.2, 0.25) is 0 Å². The number of esters is 3. The van der Waals surface area contributed by atoms with Gasteiger partial charge in [0.15, 0.2) is 24.6 Å². The van der Waals surface area contributed by atoms with Gasteiger partial charge in [-0.25, -0.2) is 4.79 Å². The van der Waals surface area contributed by atoms with Crippen molar-refractivity contribution in [1.29, 1.82) is 0 Å². The second-order valence-electron chi connectivity index (χ2n) is 22.0. The number of ether oxygens (including phenoxy) is 5. The monoisotopic (exact) mass is 1160 g/mol. The first-order chi connectivity index (χ1) is 40.6. The number of allylic oxidation sites excluding steroid dienone is 18. The summed E-state index contributed by atoms with van der Waals surface area (Å²) in [5.74, 6) is -3.19. The molecule has 1 fully saturated rings.